The summed E-state index contributed by atoms with van der Waals surface area (Å²) in [5.74, 6) is 0.870. The molecule has 2 N–H and O–H groups in total. The molecule has 0 radical (unpaired) electrons. The number of aromatic nitrogens is 1. The van der Waals surface area contributed by atoms with E-state index in [1.807, 2.05) is 6.20 Å². The van der Waals surface area contributed by atoms with Crippen molar-refractivity contribution < 1.29 is 0 Å². The summed E-state index contributed by atoms with van der Waals surface area (Å²) in [6, 6.07) is 6.62. The second-order valence-electron chi connectivity index (χ2n) is 7.53. The molecule has 0 unspecified atom stereocenters. The van der Waals surface area contributed by atoms with Crippen molar-refractivity contribution in [3.63, 3.8) is 0 Å². The van der Waals surface area contributed by atoms with Gasteiger partial charge in [0.15, 0.2) is 5.96 Å². The van der Waals surface area contributed by atoms with Gasteiger partial charge in [0.1, 0.15) is 5.01 Å². The van der Waals surface area contributed by atoms with E-state index >= 15 is 0 Å². The van der Waals surface area contributed by atoms with Crippen molar-refractivity contribution in [1.82, 2.24) is 20.5 Å². The van der Waals surface area contributed by atoms with Gasteiger partial charge >= 0.3 is 0 Å². The van der Waals surface area contributed by atoms with Gasteiger partial charge in [-0.15, -0.1) is 11.3 Å². The summed E-state index contributed by atoms with van der Waals surface area (Å²) in [7, 11) is 0. The van der Waals surface area contributed by atoms with Crippen LogP contribution in [0.15, 0.2) is 29.4 Å². The van der Waals surface area contributed by atoms with Gasteiger partial charge in [0, 0.05) is 62.6 Å². The predicted molar refractivity (Wildman–Crippen MR) is 124 cm³/mol. The third-order valence-electron chi connectivity index (χ3n) is 5.40. The summed E-state index contributed by atoms with van der Waals surface area (Å²) in [5, 5.41) is 7.85. The molecule has 1 aromatic heterocycles. The highest BCUT2D eigenvalue weighted by molar-refractivity contribution is 7.11. The topological polar surface area (TPSA) is 55.8 Å². The van der Waals surface area contributed by atoms with Crippen LogP contribution < -0.4 is 15.5 Å². The summed E-state index contributed by atoms with van der Waals surface area (Å²) in [4.78, 5) is 15.3. The Morgan fingerprint density at radius 1 is 1.14 bits per heavy atom. The van der Waals surface area contributed by atoms with Gasteiger partial charge in [0.05, 0.1) is 6.54 Å². The summed E-state index contributed by atoms with van der Waals surface area (Å²) in [6.07, 6.45) is 1.91. The lowest BCUT2D eigenvalue weighted by Crippen LogP contribution is -2.49. The first-order chi connectivity index (χ1) is 14.1. The van der Waals surface area contributed by atoms with Crippen molar-refractivity contribution in [2.75, 3.05) is 50.7 Å². The molecule has 3 rings (SSSR count). The van der Waals surface area contributed by atoms with E-state index in [0.29, 0.717) is 6.54 Å². The Bertz CT molecular complexity index is 807. The Morgan fingerprint density at radius 3 is 2.62 bits per heavy atom. The second kappa shape index (κ2) is 10.6. The van der Waals surface area contributed by atoms with E-state index in [0.717, 1.165) is 56.8 Å². The molecule has 0 atom stereocenters. The van der Waals surface area contributed by atoms with Gasteiger partial charge in [-0.2, -0.15) is 0 Å². The molecule has 2 heterocycles. The van der Waals surface area contributed by atoms with E-state index in [9.17, 15) is 0 Å². The van der Waals surface area contributed by atoms with Crippen molar-refractivity contribution in [2.45, 2.75) is 34.2 Å². The van der Waals surface area contributed by atoms with Gasteiger partial charge in [0.25, 0.3) is 0 Å². The number of thiazole rings is 1. The highest BCUT2D eigenvalue weighted by Crippen LogP contribution is 2.23. The molecule has 1 aliphatic heterocycles. The molecule has 158 valence electrons. The summed E-state index contributed by atoms with van der Waals surface area (Å²) < 4.78 is 0. The fourth-order valence-corrected chi connectivity index (χ4v) is 4.30. The van der Waals surface area contributed by atoms with Crippen molar-refractivity contribution in [1.29, 1.82) is 0 Å². The predicted octanol–water partition coefficient (Wildman–Crippen LogP) is 2.95. The van der Waals surface area contributed by atoms with Crippen LogP contribution in [0.25, 0.3) is 0 Å². The molecule has 0 amide bonds. The van der Waals surface area contributed by atoms with Crippen LogP contribution in [-0.2, 0) is 6.54 Å². The first kappa shape index (κ1) is 21.6. The Hall–Kier alpha value is -2.12. The van der Waals surface area contributed by atoms with E-state index < -0.39 is 0 Å². The van der Waals surface area contributed by atoms with Crippen LogP contribution in [0.4, 0.5) is 5.69 Å². The fraction of sp³-hybridized carbons (Fsp3) is 0.545. The maximum Gasteiger partial charge on any atom is 0.191 e. The standard InChI is InChI=1S/C22H34N6S/c1-5-23-22(26-16-21-25-15-18(3)29-21)24-9-10-27-11-13-28(14-12-27)20-8-6-7-17(2)19(20)4/h6-8,15H,5,9-14,16H2,1-4H3,(H2,23,24,26). The number of hydrogen-bond donors (Lipinski definition) is 2. The van der Waals surface area contributed by atoms with Crippen LogP contribution in [0.3, 0.4) is 0 Å². The Balaban J connectivity index is 1.43. The highest BCUT2D eigenvalue weighted by atomic mass is 32.1. The van der Waals surface area contributed by atoms with Crippen LogP contribution in [0, 0.1) is 20.8 Å². The minimum absolute atomic E-state index is 0.627. The van der Waals surface area contributed by atoms with Gasteiger partial charge in [-0.3, -0.25) is 4.90 Å². The van der Waals surface area contributed by atoms with Crippen LogP contribution in [0.5, 0.6) is 0 Å². The smallest absolute Gasteiger partial charge is 0.191 e. The molecule has 0 bridgehead atoms. The van der Waals surface area contributed by atoms with Gasteiger partial charge in [-0.05, 0) is 44.9 Å². The third-order valence-corrected chi connectivity index (χ3v) is 6.29. The Kier molecular flexibility index (Phi) is 7.89. The third kappa shape index (κ3) is 6.18. The molecule has 0 saturated carbocycles. The van der Waals surface area contributed by atoms with E-state index in [1.54, 1.807) is 11.3 Å². The zero-order valence-corrected chi connectivity index (χ0v) is 19.0. The molecule has 0 aliphatic carbocycles. The molecule has 1 aromatic carbocycles. The van der Waals surface area contributed by atoms with Crippen LogP contribution in [-0.4, -0.2) is 61.7 Å². The Morgan fingerprint density at radius 2 is 1.93 bits per heavy atom. The number of hydrogen-bond acceptors (Lipinski definition) is 5. The zero-order valence-electron chi connectivity index (χ0n) is 18.2. The molecule has 6 nitrogen and oxygen atoms in total. The number of nitrogens with zero attached hydrogens (tertiary/aromatic N) is 4. The van der Waals surface area contributed by atoms with Crippen LogP contribution >= 0.6 is 11.3 Å². The molecule has 29 heavy (non-hydrogen) atoms. The van der Waals surface area contributed by atoms with E-state index in [1.165, 1.54) is 21.7 Å². The number of nitrogens with one attached hydrogen (secondary N) is 2. The molecule has 1 saturated heterocycles. The molecular formula is C22H34N6S. The molecule has 0 spiro atoms. The minimum atomic E-state index is 0.627. The first-order valence-corrected chi connectivity index (χ1v) is 11.4. The number of piperazine rings is 1. The number of rotatable bonds is 7. The van der Waals surface area contributed by atoms with Crippen molar-refractivity contribution in [2.24, 2.45) is 4.99 Å². The van der Waals surface area contributed by atoms with Gasteiger partial charge in [-0.1, -0.05) is 12.1 Å². The van der Waals surface area contributed by atoms with E-state index in [2.05, 4.69) is 76.3 Å². The lowest BCUT2D eigenvalue weighted by molar-refractivity contribution is 0.261. The van der Waals surface area contributed by atoms with Crippen molar-refractivity contribution in [3.05, 3.63) is 45.4 Å². The highest BCUT2D eigenvalue weighted by Gasteiger charge is 2.18. The molecule has 1 fully saturated rings. The van der Waals surface area contributed by atoms with Crippen LogP contribution in [0.2, 0.25) is 0 Å². The average Bonchev–Trinajstić information content (AvgIpc) is 3.14. The van der Waals surface area contributed by atoms with Crippen LogP contribution in [0.1, 0.15) is 27.9 Å². The Labute approximate surface area is 179 Å². The molecule has 1 aliphatic rings. The monoisotopic (exact) mass is 414 g/mol. The summed E-state index contributed by atoms with van der Waals surface area (Å²) in [5.41, 5.74) is 4.17. The average molecular weight is 415 g/mol. The fourth-order valence-electron chi connectivity index (χ4n) is 3.59. The number of benzene rings is 1. The zero-order chi connectivity index (χ0) is 20.6. The largest absolute Gasteiger partial charge is 0.369 e. The quantitative estimate of drug-likeness (QED) is 0.539. The number of anilines is 1. The van der Waals surface area contributed by atoms with E-state index in [-0.39, 0.29) is 0 Å². The number of aliphatic imine (C=N–C) groups is 1. The number of guanidine groups is 1. The SMILES string of the molecule is CCNC(=NCc1ncc(C)s1)NCCN1CCN(c2cccc(C)c2C)CC1. The van der Waals surface area contributed by atoms with Gasteiger partial charge < -0.3 is 15.5 Å². The minimum Gasteiger partial charge on any atom is -0.369 e. The van der Waals surface area contributed by atoms with Gasteiger partial charge in [-0.25, -0.2) is 9.98 Å². The van der Waals surface area contributed by atoms with Crippen molar-refractivity contribution >= 4 is 23.0 Å². The van der Waals surface area contributed by atoms with E-state index in [4.69, 9.17) is 0 Å². The summed E-state index contributed by atoms with van der Waals surface area (Å²) >= 11 is 1.71. The molecule has 7 heteroatoms. The maximum atomic E-state index is 4.66. The maximum absolute atomic E-state index is 4.66. The van der Waals surface area contributed by atoms with Gasteiger partial charge in [0.2, 0.25) is 0 Å². The first-order valence-electron chi connectivity index (χ1n) is 10.5. The molecule has 2 aromatic rings. The lowest BCUT2D eigenvalue weighted by atomic mass is 10.1. The molecular weight excluding hydrogens is 380 g/mol. The normalized spacial score (nSPS) is 15.6. The number of aryl methyl sites for hydroxylation is 2. The lowest BCUT2D eigenvalue weighted by Gasteiger charge is -2.37. The van der Waals surface area contributed by atoms with Crippen molar-refractivity contribution in [3.8, 4) is 0 Å². The summed E-state index contributed by atoms with van der Waals surface area (Å²) in [6.45, 7) is 16.4. The second-order valence-corrected chi connectivity index (χ2v) is 8.85.